The van der Waals surface area contributed by atoms with Crippen LogP contribution < -0.4 is 9.47 Å². The Morgan fingerprint density at radius 1 is 0.633 bits per heavy atom. The van der Waals surface area contributed by atoms with Gasteiger partial charge in [-0.25, -0.2) is 9.59 Å². The molecule has 0 N–H and O–H groups in total. The van der Waals surface area contributed by atoms with Crippen LogP contribution in [0.25, 0.3) is 0 Å². The van der Waals surface area contributed by atoms with Crippen molar-refractivity contribution in [3.8, 4) is 11.5 Å². The van der Waals surface area contributed by atoms with Crippen LogP contribution in [0.15, 0.2) is 72.8 Å². The maximum atomic E-state index is 12.2. The third-order valence-electron chi connectivity index (χ3n) is 4.37. The van der Waals surface area contributed by atoms with E-state index in [9.17, 15) is 9.59 Å². The maximum absolute atomic E-state index is 12.2. The van der Waals surface area contributed by atoms with Crippen molar-refractivity contribution in [2.45, 2.75) is 13.2 Å². The first-order chi connectivity index (χ1) is 14.6. The Morgan fingerprint density at radius 3 is 1.40 bits per heavy atom. The van der Waals surface area contributed by atoms with E-state index in [4.69, 9.17) is 18.9 Å². The molecule has 154 valence electrons. The van der Waals surface area contributed by atoms with Gasteiger partial charge in [0.25, 0.3) is 0 Å². The van der Waals surface area contributed by atoms with Gasteiger partial charge >= 0.3 is 11.9 Å². The van der Waals surface area contributed by atoms with Crippen molar-refractivity contribution in [2.24, 2.45) is 0 Å². The topological polar surface area (TPSA) is 71.1 Å². The Labute approximate surface area is 175 Å². The van der Waals surface area contributed by atoms with E-state index < -0.39 is 11.9 Å². The molecular formula is C24H22O6. The molecule has 0 spiro atoms. The van der Waals surface area contributed by atoms with E-state index in [2.05, 4.69) is 0 Å². The molecule has 0 saturated heterocycles. The van der Waals surface area contributed by atoms with Gasteiger partial charge in [0.1, 0.15) is 24.7 Å². The van der Waals surface area contributed by atoms with Crippen LogP contribution in [-0.4, -0.2) is 26.2 Å². The fourth-order valence-electron chi connectivity index (χ4n) is 2.70. The second kappa shape index (κ2) is 10.1. The van der Waals surface area contributed by atoms with Crippen LogP contribution >= 0.6 is 0 Å². The van der Waals surface area contributed by atoms with Crippen LogP contribution in [0.3, 0.4) is 0 Å². The van der Waals surface area contributed by atoms with Crippen LogP contribution in [-0.2, 0) is 22.7 Å². The van der Waals surface area contributed by atoms with Gasteiger partial charge in [0.15, 0.2) is 0 Å². The lowest BCUT2D eigenvalue weighted by Gasteiger charge is -2.08. The summed E-state index contributed by atoms with van der Waals surface area (Å²) in [5, 5.41) is 0. The molecule has 30 heavy (non-hydrogen) atoms. The zero-order valence-corrected chi connectivity index (χ0v) is 16.8. The normalized spacial score (nSPS) is 10.2. The molecule has 0 aliphatic carbocycles. The molecule has 0 aliphatic heterocycles. The van der Waals surface area contributed by atoms with Crippen LogP contribution in [0.2, 0.25) is 0 Å². The molecule has 0 saturated carbocycles. The molecule has 0 amide bonds. The molecule has 0 fully saturated rings. The van der Waals surface area contributed by atoms with Crippen molar-refractivity contribution < 1.29 is 28.5 Å². The highest BCUT2D eigenvalue weighted by molar-refractivity contribution is 5.90. The largest absolute Gasteiger partial charge is 0.497 e. The van der Waals surface area contributed by atoms with E-state index in [-0.39, 0.29) is 13.2 Å². The lowest BCUT2D eigenvalue weighted by Crippen LogP contribution is -2.06. The number of hydrogen-bond acceptors (Lipinski definition) is 6. The number of methoxy groups -OCH3 is 2. The summed E-state index contributed by atoms with van der Waals surface area (Å²) >= 11 is 0. The number of benzene rings is 3. The molecule has 0 heterocycles. The second-order valence-electron chi connectivity index (χ2n) is 6.43. The first-order valence-electron chi connectivity index (χ1n) is 9.29. The highest BCUT2D eigenvalue weighted by Gasteiger charge is 2.10. The van der Waals surface area contributed by atoms with E-state index in [0.29, 0.717) is 22.6 Å². The molecule has 0 aliphatic rings. The average molecular weight is 406 g/mol. The van der Waals surface area contributed by atoms with Crippen molar-refractivity contribution in [3.63, 3.8) is 0 Å². The number of carbonyl (C=O) groups is 2. The van der Waals surface area contributed by atoms with Gasteiger partial charge in [-0.2, -0.15) is 0 Å². The molecule has 6 nitrogen and oxygen atoms in total. The third-order valence-corrected chi connectivity index (χ3v) is 4.37. The SMILES string of the molecule is COc1cccc(C(=O)OCc2ccc(COC(=O)c3cccc(OC)c3)cc2)c1. The lowest BCUT2D eigenvalue weighted by atomic mass is 10.1. The summed E-state index contributed by atoms with van der Waals surface area (Å²) < 4.78 is 20.9. The van der Waals surface area contributed by atoms with Crippen molar-refractivity contribution in [1.82, 2.24) is 0 Å². The van der Waals surface area contributed by atoms with E-state index in [1.165, 1.54) is 0 Å². The molecule has 6 heteroatoms. The predicted octanol–water partition coefficient (Wildman–Crippen LogP) is 4.42. The van der Waals surface area contributed by atoms with Crippen LogP contribution in [0, 0.1) is 0 Å². The van der Waals surface area contributed by atoms with E-state index in [1.807, 2.05) is 24.3 Å². The smallest absolute Gasteiger partial charge is 0.338 e. The number of rotatable bonds is 8. The van der Waals surface area contributed by atoms with Gasteiger partial charge in [0.05, 0.1) is 25.3 Å². The number of ether oxygens (including phenoxy) is 4. The van der Waals surface area contributed by atoms with Crippen molar-refractivity contribution in [2.75, 3.05) is 14.2 Å². The molecule has 3 aromatic rings. The minimum absolute atomic E-state index is 0.139. The van der Waals surface area contributed by atoms with Crippen LogP contribution in [0.4, 0.5) is 0 Å². The van der Waals surface area contributed by atoms with E-state index >= 15 is 0 Å². The fraction of sp³-hybridized carbons (Fsp3) is 0.167. The summed E-state index contributed by atoms with van der Waals surface area (Å²) in [5.41, 5.74) is 2.51. The van der Waals surface area contributed by atoms with Crippen molar-refractivity contribution in [1.29, 1.82) is 0 Å². The number of esters is 2. The highest BCUT2D eigenvalue weighted by Crippen LogP contribution is 2.16. The quantitative estimate of drug-likeness (QED) is 0.516. The van der Waals surface area contributed by atoms with Gasteiger partial charge in [-0.3, -0.25) is 0 Å². The lowest BCUT2D eigenvalue weighted by molar-refractivity contribution is 0.0460. The fourth-order valence-corrected chi connectivity index (χ4v) is 2.70. The summed E-state index contributed by atoms with van der Waals surface area (Å²) in [6.07, 6.45) is 0. The summed E-state index contributed by atoms with van der Waals surface area (Å²) in [4.78, 5) is 24.3. The Bertz CT molecular complexity index is 928. The predicted molar refractivity (Wildman–Crippen MR) is 111 cm³/mol. The standard InChI is InChI=1S/C24H22O6/c1-27-21-7-3-5-19(13-21)23(25)29-15-17-9-11-18(12-10-17)16-30-24(26)20-6-4-8-22(14-20)28-2/h3-14H,15-16H2,1-2H3. The minimum atomic E-state index is -0.426. The Morgan fingerprint density at radius 2 is 1.03 bits per heavy atom. The number of carbonyl (C=O) groups excluding carboxylic acids is 2. The summed E-state index contributed by atoms with van der Waals surface area (Å²) in [6, 6.07) is 20.9. The number of hydrogen-bond donors (Lipinski definition) is 0. The second-order valence-corrected chi connectivity index (χ2v) is 6.43. The molecule has 3 rings (SSSR count). The molecule has 0 aromatic heterocycles. The summed E-state index contributed by atoms with van der Waals surface area (Å²) in [7, 11) is 3.08. The molecule has 3 aromatic carbocycles. The monoisotopic (exact) mass is 406 g/mol. The van der Waals surface area contributed by atoms with Crippen LogP contribution in [0.1, 0.15) is 31.8 Å². The van der Waals surface area contributed by atoms with Gasteiger partial charge < -0.3 is 18.9 Å². The van der Waals surface area contributed by atoms with E-state index in [1.54, 1.807) is 62.8 Å². The first-order valence-corrected chi connectivity index (χ1v) is 9.29. The summed E-state index contributed by atoms with van der Waals surface area (Å²) in [6.45, 7) is 0.278. The Hall–Kier alpha value is -3.80. The molecule has 0 radical (unpaired) electrons. The molecular weight excluding hydrogens is 384 g/mol. The van der Waals surface area contributed by atoms with Gasteiger partial charge in [-0.05, 0) is 47.5 Å². The molecule has 0 bridgehead atoms. The highest BCUT2D eigenvalue weighted by atomic mass is 16.5. The van der Waals surface area contributed by atoms with Gasteiger partial charge in [-0.15, -0.1) is 0 Å². The zero-order chi connectivity index (χ0) is 21.3. The molecule has 0 atom stereocenters. The third kappa shape index (κ3) is 5.61. The summed E-state index contributed by atoms with van der Waals surface area (Å²) in [5.74, 6) is 0.338. The van der Waals surface area contributed by atoms with Crippen molar-refractivity contribution in [3.05, 3.63) is 95.1 Å². The van der Waals surface area contributed by atoms with Gasteiger partial charge in [0, 0.05) is 0 Å². The van der Waals surface area contributed by atoms with Crippen molar-refractivity contribution >= 4 is 11.9 Å². The minimum Gasteiger partial charge on any atom is -0.497 e. The van der Waals surface area contributed by atoms with Gasteiger partial charge in [-0.1, -0.05) is 36.4 Å². The van der Waals surface area contributed by atoms with Crippen LogP contribution in [0.5, 0.6) is 11.5 Å². The Balaban J connectivity index is 1.50. The zero-order valence-electron chi connectivity index (χ0n) is 16.8. The average Bonchev–Trinajstić information content (AvgIpc) is 2.81. The molecule has 0 unspecified atom stereocenters. The maximum Gasteiger partial charge on any atom is 0.338 e. The first kappa shape index (κ1) is 20.9. The van der Waals surface area contributed by atoms with E-state index in [0.717, 1.165) is 11.1 Å². The van der Waals surface area contributed by atoms with Gasteiger partial charge in [0.2, 0.25) is 0 Å². The Kier molecular flexibility index (Phi) is 7.05.